The van der Waals surface area contributed by atoms with E-state index in [9.17, 15) is 16.8 Å². The first-order valence-corrected chi connectivity index (χ1v) is 8.88. The third-order valence-corrected chi connectivity index (χ3v) is 5.08. The Hall–Kier alpha value is -1.32. The summed E-state index contributed by atoms with van der Waals surface area (Å²) in [6.07, 6.45) is 1.76. The lowest BCUT2D eigenvalue weighted by Crippen LogP contribution is -2.28. The molecule has 106 valence electrons. The highest BCUT2D eigenvalue weighted by Crippen LogP contribution is 2.32. The summed E-state index contributed by atoms with van der Waals surface area (Å²) in [5, 5.41) is 0. The van der Waals surface area contributed by atoms with Crippen molar-refractivity contribution in [3.63, 3.8) is 0 Å². The Bertz CT molecular complexity index is 697. The van der Waals surface area contributed by atoms with Gasteiger partial charge in [0, 0.05) is 13.6 Å². The zero-order valence-corrected chi connectivity index (χ0v) is 12.2. The van der Waals surface area contributed by atoms with Gasteiger partial charge in [0.25, 0.3) is 10.2 Å². The van der Waals surface area contributed by atoms with Crippen molar-refractivity contribution in [2.75, 3.05) is 28.9 Å². The molecule has 2 N–H and O–H groups in total. The molecule has 1 aromatic carbocycles. The molecule has 0 spiro atoms. The molecule has 0 aliphatic carbocycles. The van der Waals surface area contributed by atoms with Crippen LogP contribution in [0.15, 0.2) is 18.2 Å². The predicted octanol–water partition coefficient (Wildman–Crippen LogP) is -0.115. The monoisotopic (exact) mass is 305 g/mol. The Morgan fingerprint density at radius 3 is 2.47 bits per heavy atom. The van der Waals surface area contributed by atoms with Gasteiger partial charge >= 0.3 is 0 Å². The smallest absolute Gasteiger partial charge is 0.271 e. The molecular weight excluding hydrogens is 290 g/mol. The number of hydrogen-bond donors (Lipinski definition) is 2. The fourth-order valence-corrected chi connectivity index (χ4v) is 3.45. The van der Waals surface area contributed by atoms with E-state index < -0.39 is 20.2 Å². The Morgan fingerprint density at radius 2 is 1.89 bits per heavy atom. The summed E-state index contributed by atoms with van der Waals surface area (Å²) in [4.78, 5) is 0. The Morgan fingerprint density at radius 1 is 1.21 bits per heavy atom. The van der Waals surface area contributed by atoms with E-state index in [2.05, 4.69) is 9.44 Å². The number of rotatable bonds is 4. The third kappa shape index (κ3) is 2.99. The van der Waals surface area contributed by atoms with Gasteiger partial charge in [-0.25, -0.2) is 13.1 Å². The summed E-state index contributed by atoms with van der Waals surface area (Å²) in [7, 11) is -5.66. The normalized spacial score (nSPS) is 15.4. The van der Waals surface area contributed by atoms with Crippen LogP contribution < -0.4 is 13.7 Å². The Labute approximate surface area is 112 Å². The van der Waals surface area contributed by atoms with E-state index in [0.717, 1.165) is 11.8 Å². The van der Waals surface area contributed by atoms with Crippen molar-refractivity contribution < 1.29 is 16.8 Å². The van der Waals surface area contributed by atoms with Gasteiger partial charge in [0.15, 0.2) is 0 Å². The fourth-order valence-electron chi connectivity index (χ4n) is 1.96. The molecule has 0 saturated heterocycles. The summed E-state index contributed by atoms with van der Waals surface area (Å²) in [6, 6.07) is 4.87. The molecule has 0 atom stereocenters. The molecule has 1 aromatic rings. The van der Waals surface area contributed by atoms with Crippen LogP contribution in [0, 0.1) is 0 Å². The highest BCUT2D eigenvalue weighted by atomic mass is 32.2. The minimum absolute atomic E-state index is 0.323. The maximum absolute atomic E-state index is 11.6. The molecule has 7 nitrogen and oxygen atoms in total. The van der Waals surface area contributed by atoms with Gasteiger partial charge in [-0.15, -0.1) is 0 Å². The molecular formula is C10H15N3O4S2. The van der Waals surface area contributed by atoms with Crippen LogP contribution in [-0.2, 0) is 26.7 Å². The first-order valence-electron chi connectivity index (χ1n) is 5.55. The van der Waals surface area contributed by atoms with Crippen molar-refractivity contribution in [2.45, 2.75) is 6.42 Å². The summed E-state index contributed by atoms with van der Waals surface area (Å²) in [5.41, 5.74) is 1.74. The van der Waals surface area contributed by atoms with Crippen molar-refractivity contribution >= 4 is 31.6 Å². The standard InChI is InChI=1S/C10H15N3O4S2/c1-11-19(16,17)12-9-4-3-8-5-6-13(10(8)7-9)18(2,14)15/h3-4,7,11-12H,5-6H2,1-2H3. The van der Waals surface area contributed by atoms with Crippen molar-refractivity contribution in [3.8, 4) is 0 Å². The highest BCUT2D eigenvalue weighted by Gasteiger charge is 2.26. The second kappa shape index (κ2) is 4.66. The zero-order chi connectivity index (χ0) is 14.3. The second-order valence-electron chi connectivity index (χ2n) is 4.24. The quantitative estimate of drug-likeness (QED) is 0.811. The molecule has 0 bridgehead atoms. The lowest BCUT2D eigenvalue weighted by atomic mass is 10.1. The average molecular weight is 305 g/mol. The molecule has 9 heteroatoms. The third-order valence-electron chi connectivity index (χ3n) is 2.86. The van der Waals surface area contributed by atoms with Gasteiger partial charge in [0.05, 0.1) is 17.6 Å². The molecule has 1 aliphatic heterocycles. The van der Waals surface area contributed by atoms with E-state index in [-0.39, 0.29) is 0 Å². The number of benzene rings is 1. The van der Waals surface area contributed by atoms with Crippen LogP contribution in [0.5, 0.6) is 0 Å². The minimum Gasteiger partial charge on any atom is -0.271 e. The van der Waals surface area contributed by atoms with Crippen molar-refractivity contribution in [3.05, 3.63) is 23.8 Å². The van der Waals surface area contributed by atoms with E-state index in [1.165, 1.54) is 17.4 Å². The van der Waals surface area contributed by atoms with Gasteiger partial charge in [0.1, 0.15) is 0 Å². The average Bonchev–Trinajstić information content (AvgIpc) is 2.71. The topological polar surface area (TPSA) is 95.6 Å². The van der Waals surface area contributed by atoms with Crippen LogP contribution >= 0.6 is 0 Å². The van der Waals surface area contributed by atoms with E-state index in [1.807, 2.05) is 0 Å². The number of sulfonamides is 1. The molecule has 0 aromatic heterocycles. The van der Waals surface area contributed by atoms with Crippen LogP contribution in [0.1, 0.15) is 5.56 Å². The van der Waals surface area contributed by atoms with Gasteiger partial charge < -0.3 is 0 Å². The maximum atomic E-state index is 11.6. The van der Waals surface area contributed by atoms with Crippen LogP contribution in [0.2, 0.25) is 0 Å². The largest absolute Gasteiger partial charge is 0.298 e. The van der Waals surface area contributed by atoms with E-state index >= 15 is 0 Å². The van der Waals surface area contributed by atoms with Gasteiger partial charge in [-0.2, -0.15) is 8.42 Å². The van der Waals surface area contributed by atoms with Crippen molar-refractivity contribution in [1.82, 2.24) is 4.72 Å². The van der Waals surface area contributed by atoms with Crippen LogP contribution in [0.25, 0.3) is 0 Å². The minimum atomic E-state index is -3.61. The SMILES string of the molecule is CNS(=O)(=O)Nc1ccc2c(c1)N(S(C)(=O)=O)CC2. The van der Waals surface area contributed by atoms with Crippen molar-refractivity contribution in [2.24, 2.45) is 0 Å². The van der Waals surface area contributed by atoms with Gasteiger partial charge in [0.2, 0.25) is 10.0 Å². The Balaban J connectivity index is 2.39. The summed E-state index contributed by atoms with van der Waals surface area (Å²) < 4.78 is 51.7. The number of hydrogen-bond acceptors (Lipinski definition) is 4. The first kappa shape index (κ1) is 14.1. The molecule has 0 amide bonds. The lowest BCUT2D eigenvalue weighted by molar-refractivity contribution is 0.593. The van der Waals surface area contributed by atoms with Crippen LogP contribution in [0.3, 0.4) is 0 Å². The molecule has 1 heterocycles. The van der Waals surface area contributed by atoms with E-state index in [0.29, 0.717) is 24.3 Å². The molecule has 2 rings (SSSR count). The molecule has 0 fully saturated rings. The molecule has 19 heavy (non-hydrogen) atoms. The summed E-state index contributed by atoms with van der Waals surface area (Å²) in [5.74, 6) is 0. The van der Waals surface area contributed by atoms with Gasteiger partial charge in [-0.3, -0.25) is 9.03 Å². The fraction of sp³-hybridized carbons (Fsp3) is 0.400. The number of nitrogens with zero attached hydrogens (tertiary/aromatic N) is 1. The van der Waals surface area contributed by atoms with Gasteiger partial charge in [-0.1, -0.05) is 6.07 Å². The molecule has 0 radical (unpaired) electrons. The summed E-state index contributed by atoms with van der Waals surface area (Å²) in [6.45, 7) is 0.385. The summed E-state index contributed by atoms with van der Waals surface area (Å²) >= 11 is 0. The van der Waals surface area contributed by atoms with Gasteiger partial charge in [-0.05, 0) is 24.1 Å². The predicted molar refractivity (Wildman–Crippen MR) is 73.9 cm³/mol. The van der Waals surface area contributed by atoms with Crippen LogP contribution in [0.4, 0.5) is 11.4 Å². The molecule has 0 unspecified atom stereocenters. The lowest BCUT2D eigenvalue weighted by Gasteiger charge is -2.17. The van der Waals surface area contributed by atoms with Crippen LogP contribution in [-0.4, -0.2) is 36.7 Å². The van der Waals surface area contributed by atoms with E-state index in [1.54, 1.807) is 12.1 Å². The highest BCUT2D eigenvalue weighted by molar-refractivity contribution is 7.92. The number of fused-ring (bicyclic) bond motifs is 1. The number of anilines is 2. The van der Waals surface area contributed by atoms with E-state index in [4.69, 9.17) is 0 Å². The zero-order valence-electron chi connectivity index (χ0n) is 10.5. The second-order valence-corrected chi connectivity index (χ2v) is 7.76. The maximum Gasteiger partial charge on any atom is 0.298 e. The molecule has 1 aliphatic rings. The molecule has 0 saturated carbocycles. The first-order chi connectivity index (χ1) is 8.73. The Kier molecular flexibility index (Phi) is 3.45. The van der Waals surface area contributed by atoms with Crippen molar-refractivity contribution in [1.29, 1.82) is 0 Å². The number of nitrogens with one attached hydrogen (secondary N) is 2.